The molecule has 11 atom stereocenters. The summed E-state index contributed by atoms with van der Waals surface area (Å²) in [4.78, 5) is 0. The van der Waals surface area contributed by atoms with Crippen molar-refractivity contribution in [2.45, 2.75) is 80.6 Å². The van der Waals surface area contributed by atoms with Gasteiger partial charge >= 0.3 is 0 Å². The lowest BCUT2D eigenvalue weighted by Crippen LogP contribution is -2.44. The van der Waals surface area contributed by atoms with Gasteiger partial charge in [-0.25, -0.2) is 0 Å². The first-order valence-corrected chi connectivity index (χ1v) is 21.4. The quantitative estimate of drug-likeness (QED) is 0.228. The van der Waals surface area contributed by atoms with Crippen LogP contribution in [-0.2, 0) is 0 Å². The van der Waals surface area contributed by atoms with Gasteiger partial charge in [-0.2, -0.15) is 11.8 Å². The van der Waals surface area contributed by atoms with Crippen molar-refractivity contribution in [2.75, 3.05) is 0 Å². The minimum atomic E-state index is 0.384. The van der Waals surface area contributed by atoms with E-state index in [1.165, 1.54) is 66.9 Å². The average molecular weight is 683 g/mol. The Labute approximate surface area is 309 Å². The number of rotatable bonds is 4. The fourth-order valence-electron chi connectivity index (χ4n) is 12.6. The van der Waals surface area contributed by atoms with Crippen molar-refractivity contribution < 1.29 is 0 Å². The zero-order valence-corrected chi connectivity index (χ0v) is 30.6. The largest absolute Gasteiger partial charge is 0.150 e. The van der Waals surface area contributed by atoms with Crippen LogP contribution >= 0.6 is 11.8 Å². The highest BCUT2D eigenvalue weighted by Gasteiger charge is 2.54. The summed E-state index contributed by atoms with van der Waals surface area (Å²) in [6.45, 7) is 0. The van der Waals surface area contributed by atoms with E-state index in [-0.39, 0.29) is 0 Å². The van der Waals surface area contributed by atoms with Crippen LogP contribution < -0.4 is 10.4 Å². The highest BCUT2D eigenvalue weighted by atomic mass is 32.2. The summed E-state index contributed by atoms with van der Waals surface area (Å²) in [5, 5.41) is 4.73. The summed E-state index contributed by atoms with van der Waals surface area (Å²) in [5.41, 5.74) is 14.3. The molecule has 0 nitrogen and oxygen atoms in total. The third kappa shape index (κ3) is 5.09. The lowest BCUT2D eigenvalue weighted by molar-refractivity contribution is 0.0931. The highest BCUT2D eigenvalue weighted by Crippen LogP contribution is 2.62. The van der Waals surface area contributed by atoms with Gasteiger partial charge in [0.1, 0.15) is 0 Å². The Bertz CT molecular complexity index is 2160. The summed E-state index contributed by atoms with van der Waals surface area (Å²) >= 11 is 2.40. The molecular weight excluding hydrogens is 633 g/mol. The number of fused-ring (bicyclic) bond motifs is 9. The van der Waals surface area contributed by atoms with Crippen LogP contribution in [-0.4, -0.2) is 10.5 Å². The first-order valence-electron chi connectivity index (χ1n) is 20.4. The number of hydrogen-bond donors (Lipinski definition) is 0. The molecule has 1 heterocycles. The first kappa shape index (κ1) is 31.1. The second-order valence-electron chi connectivity index (χ2n) is 17.2. The fourth-order valence-corrected chi connectivity index (χ4v) is 14.7. The van der Waals surface area contributed by atoms with E-state index in [1.54, 1.807) is 27.5 Å². The van der Waals surface area contributed by atoms with E-state index in [1.807, 2.05) is 0 Å². The number of thioether (sulfide) groups is 1. The second kappa shape index (κ2) is 12.6. The number of benzene rings is 2. The van der Waals surface area contributed by atoms with Gasteiger partial charge in [-0.05, 0) is 136 Å². The van der Waals surface area contributed by atoms with E-state index < -0.39 is 0 Å². The van der Waals surface area contributed by atoms with Crippen molar-refractivity contribution in [3.8, 4) is 0 Å². The number of allylic oxidation sites excluding steroid dienone is 12. The van der Waals surface area contributed by atoms with Gasteiger partial charge in [-0.15, -0.1) is 5.73 Å². The highest BCUT2D eigenvalue weighted by molar-refractivity contribution is 8.01. The molecule has 2 saturated carbocycles. The predicted octanol–water partition coefficient (Wildman–Crippen LogP) is 10.9. The van der Waals surface area contributed by atoms with Gasteiger partial charge in [-0.3, -0.25) is 0 Å². The van der Waals surface area contributed by atoms with Gasteiger partial charge < -0.3 is 0 Å². The molecule has 0 aromatic heterocycles. The zero-order chi connectivity index (χ0) is 33.5. The van der Waals surface area contributed by atoms with Gasteiger partial charge in [0.2, 0.25) is 0 Å². The minimum absolute atomic E-state index is 0.384. The molecule has 8 aliphatic carbocycles. The Morgan fingerprint density at radius 1 is 0.745 bits per heavy atom. The third-order valence-electron chi connectivity index (χ3n) is 14.9. The van der Waals surface area contributed by atoms with Crippen LogP contribution in [0.2, 0.25) is 0 Å². The lowest BCUT2D eigenvalue weighted by Gasteiger charge is -2.48. The molecule has 0 amide bonds. The average Bonchev–Trinajstić information content (AvgIpc) is 3.78. The molecule has 9 aliphatic rings. The Kier molecular flexibility index (Phi) is 7.65. The SMILES string of the molecule is C1=Cc2ccccc2C=1CC1=c2cc(C3CC4C5CCC=CC5SC4C4CCCCC34)ccc2=C(C2=CCC3C=CC=CC3C2)C2C=CC=CC12. The summed E-state index contributed by atoms with van der Waals surface area (Å²) in [7, 11) is 0. The van der Waals surface area contributed by atoms with Crippen LogP contribution in [0, 0.1) is 47.3 Å². The molecule has 1 saturated heterocycles. The molecule has 0 N–H and O–H groups in total. The molecule has 2 aromatic rings. The van der Waals surface area contributed by atoms with Gasteiger partial charge in [0.05, 0.1) is 0 Å². The van der Waals surface area contributed by atoms with Gasteiger partial charge in [0.15, 0.2) is 0 Å². The van der Waals surface area contributed by atoms with E-state index in [2.05, 4.69) is 133 Å². The van der Waals surface area contributed by atoms with Crippen LogP contribution in [0.15, 0.2) is 121 Å². The predicted molar refractivity (Wildman–Crippen MR) is 216 cm³/mol. The Hall–Kier alpha value is -3.51. The Morgan fingerprint density at radius 2 is 1.59 bits per heavy atom. The van der Waals surface area contributed by atoms with Crippen molar-refractivity contribution in [3.05, 3.63) is 148 Å². The molecule has 2 aromatic carbocycles. The van der Waals surface area contributed by atoms with Gasteiger partial charge in [-0.1, -0.05) is 122 Å². The van der Waals surface area contributed by atoms with E-state index >= 15 is 0 Å². The monoisotopic (exact) mass is 682 g/mol. The second-order valence-corrected chi connectivity index (χ2v) is 18.6. The molecular formula is C50H50S. The maximum atomic E-state index is 3.76. The topological polar surface area (TPSA) is 0 Å². The third-order valence-corrected chi connectivity index (χ3v) is 16.7. The minimum Gasteiger partial charge on any atom is -0.150 e. The van der Waals surface area contributed by atoms with E-state index in [4.69, 9.17) is 0 Å². The Balaban J connectivity index is 1.09. The summed E-state index contributed by atoms with van der Waals surface area (Å²) in [6.07, 6.45) is 42.3. The molecule has 11 unspecified atom stereocenters. The van der Waals surface area contributed by atoms with Crippen LogP contribution in [0.25, 0.3) is 22.8 Å². The van der Waals surface area contributed by atoms with E-state index in [0.29, 0.717) is 29.6 Å². The fraction of sp³-hybridized carbons (Fsp3) is 0.420. The van der Waals surface area contributed by atoms with Crippen LogP contribution in [0.1, 0.15) is 86.8 Å². The van der Waals surface area contributed by atoms with Gasteiger partial charge in [0.25, 0.3) is 0 Å². The number of hydrogen-bond acceptors (Lipinski definition) is 1. The molecule has 0 bridgehead atoms. The maximum absolute atomic E-state index is 3.76. The van der Waals surface area contributed by atoms with Crippen molar-refractivity contribution in [3.63, 3.8) is 0 Å². The van der Waals surface area contributed by atoms with Gasteiger partial charge in [0, 0.05) is 34.3 Å². The summed E-state index contributed by atoms with van der Waals surface area (Å²) < 4.78 is 0. The zero-order valence-electron chi connectivity index (χ0n) is 29.8. The normalized spacial score (nSPS) is 37.8. The molecule has 0 radical (unpaired) electrons. The first-order chi connectivity index (χ1) is 25.3. The molecule has 1 aliphatic heterocycles. The lowest BCUT2D eigenvalue weighted by atomic mass is 9.57. The smallest absolute Gasteiger partial charge is 0.0261 e. The molecule has 3 fully saturated rings. The summed E-state index contributed by atoms with van der Waals surface area (Å²) in [5.74, 6) is 6.24. The Morgan fingerprint density at radius 3 is 2.53 bits per heavy atom. The molecule has 1 heteroatoms. The van der Waals surface area contributed by atoms with Crippen molar-refractivity contribution in [1.82, 2.24) is 0 Å². The van der Waals surface area contributed by atoms with Crippen LogP contribution in [0.3, 0.4) is 0 Å². The van der Waals surface area contributed by atoms with Crippen LogP contribution in [0.4, 0.5) is 0 Å². The van der Waals surface area contributed by atoms with E-state index in [9.17, 15) is 0 Å². The molecule has 256 valence electrons. The summed E-state index contributed by atoms with van der Waals surface area (Å²) in [6, 6.07) is 17.0. The standard InChI is InChI=1S/C50H50S/c1-2-13-33-27-36(24-21-31(33)11-1)49-41-18-7-5-15-38(41)45(28-34-23-22-32-12-3-4-14-37(32)34)46-29-35(25-26-42(46)49)44-30-47-40-17-9-10-20-48(40)51-50(47)43-19-8-6-16-39(43)44/h1-5,7,10-15,18,20,22,24-26,29,31,33,38-41,43-44,47-48,50H,6,8-9,16-17,19,21,27-28,30H2. The molecule has 11 rings (SSSR count). The maximum Gasteiger partial charge on any atom is 0.0261 e. The molecule has 0 spiro atoms. The van der Waals surface area contributed by atoms with Crippen molar-refractivity contribution >= 4 is 34.6 Å². The van der Waals surface area contributed by atoms with Crippen LogP contribution in [0.5, 0.6) is 0 Å². The van der Waals surface area contributed by atoms with Crippen molar-refractivity contribution in [1.29, 1.82) is 0 Å². The van der Waals surface area contributed by atoms with Crippen molar-refractivity contribution in [2.24, 2.45) is 47.3 Å². The van der Waals surface area contributed by atoms with E-state index in [0.717, 1.165) is 53.4 Å². The molecule has 51 heavy (non-hydrogen) atoms.